The number of sulfonamides is 2. The predicted octanol–water partition coefficient (Wildman–Crippen LogP) is 5.39. The van der Waals surface area contributed by atoms with E-state index in [1.807, 2.05) is 24.3 Å². The second kappa shape index (κ2) is 25.2. The van der Waals surface area contributed by atoms with Gasteiger partial charge in [-0.1, -0.05) is 35.3 Å². The molecule has 4 aromatic carbocycles. The number of ether oxygens (including phenoxy) is 2. The van der Waals surface area contributed by atoms with Crippen molar-refractivity contribution in [1.82, 2.24) is 10.6 Å². The molecule has 2 fully saturated rings. The number of benzene rings is 4. The van der Waals surface area contributed by atoms with Crippen molar-refractivity contribution in [2.75, 3.05) is 73.8 Å². The van der Waals surface area contributed by atoms with Crippen molar-refractivity contribution in [3.8, 4) is 11.5 Å². The highest BCUT2D eigenvalue weighted by atomic mass is 35.5. The first-order valence-corrected chi connectivity index (χ1v) is 32.1. The number of amides is 2. The molecule has 0 radical (unpaired) electrons. The Labute approximate surface area is 487 Å². The van der Waals surface area contributed by atoms with Crippen LogP contribution in [0.15, 0.2) is 72.8 Å². The molecule has 444 valence electrons. The molecule has 4 aliphatic carbocycles. The lowest BCUT2D eigenvalue weighted by atomic mass is 9.68. The largest absolute Gasteiger partial charge is 0.490 e. The Bertz CT molecular complexity index is 3090. The zero-order valence-electron chi connectivity index (χ0n) is 45.4. The summed E-state index contributed by atoms with van der Waals surface area (Å²) in [4.78, 5) is 52.8. The molecular formula is C58H72Cl2N6O14S2. The van der Waals surface area contributed by atoms with Crippen LogP contribution in [0.3, 0.4) is 0 Å². The third-order valence-electron chi connectivity index (χ3n) is 17.6. The molecule has 82 heavy (non-hydrogen) atoms. The summed E-state index contributed by atoms with van der Waals surface area (Å²) in [5.74, 6) is -2.48. The van der Waals surface area contributed by atoms with Crippen LogP contribution in [0.2, 0.25) is 10.0 Å². The number of nitrogens with two attached hydrogens (primary N) is 2. The monoisotopic (exact) mass is 1210 g/mol. The fourth-order valence-electron chi connectivity index (χ4n) is 13.2. The maximum Gasteiger partial charge on any atom is 0.335 e. The van der Waals surface area contributed by atoms with E-state index in [-0.39, 0.29) is 83.1 Å². The molecule has 2 spiro atoms. The van der Waals surface area contributed by atoms with E-state index in [0.29, 0.717) is 72.3 Å². The Kier molecular flexibility index (Phi) is 18.7. The van der Waals surface area contributed by atoms with Crippen LogP contribution < -0.4 is 40.2 Å². The highest BCUT2D eigenvalue weighted by Gasteiger charge is 2.47. The number of fused-ring (bicyclic) bond motifs is 6. The number of carbonyl (C=O) groups is 4. The third kappa shape index (κ3) is 14.4. The van der Waals surface area contributed by atoms with Crippen molar-refractivity contribution >= 4 is 78.4 Å². The van der Waals surface area contributed by atoms with Crippen molar-refractivity contribution in [2.24, 2.45) is 33.9 Å². The van der Waals surface area contributed by atoms with Gasteiger partial charge < -0.3 is 50.3 Å². The van der Waals surface area contributed by atoms with Crippen LogP contribution >= 0.6 is 23.2 Å². The first kappa shape index (κ1) is 60.9. The molecule has 20 nitrogen and oxygen atoms in total. The van der Waals surface area contributed by atoms with Crippen LogP contribution in [-0.4, -0.2) is 137 Å². The molecule has 0 saturated heterocycles. The molecule has 2 amide bonds. The minimum atomic E-state index is -3.69. The maximum atomic E-state index is 12.3. The van der Waals surface area contributed by atoms with Gasteiger partial charge in [0.2, 0.25) is 31.9 Å². The van der Waals surface area contributed by atoms with Crippen LogP contribution in [0.25, 0.3) is 0 Å². The van der Waals surface area contributed by atoms with Gasteiger partial charge in [0.1, 0.15) is 11.5 Å². The number of carbonyl (C=O) groups excluding carboxylic acids is 2. The summed E-state index contributed by atoms with van der Waals surface area (Å²) in [6.07, 6.45) is 6.85. The number of nitrogens with zero attached hydrogens (tertiary/aromatic N) is 2. The molecule has 2 aliphatic heterocycles. The number of anilines is 2. The van der Waals surface area contributed by atoms with Gasteiger partial charge in [0.05, 0.1) is 72.3 Å². The van der Waals surface area contributed by atoms with E-state index >= 15 is 0 Å². The number of aromatic carboxylic acids is 2. The Hall–Kier alpha value is -5.72. The van der Waals surface area contributed by atoms with Gasteiger partial charge >= 0.3 is 11.9 Å². The number of aliphatic hydroxyl groups excluding tert-OH is 2. The second-order valence-corrected chi connectivity index (χ2v) is 27.5. The van der Waals surface area contributed by atoms with Crippen molar-refractivity contribution < 1.29 is 65.9 Å². The number of halogens is 2. The van der Waals surface area contributed by atoms with Gasteiger partial charge in [-0.15, -0.1) is 0 Å². The van der Waals surface area contributed by atoms with Crippen LogP contribution in [0.4, 0.5) is 11.4 Å². The molecule has 24 heteroatoms. The van der Waals surface area contributed by atoms with Crippen molar-refractivity contribution in [3.05, 3.63) is 116 Å². The Balaban J connectivity index is 0.000000198. The van der Waals surface area contributed by atoms with Gasteiger partial charge in [-0.2, -0.15) is 0 Å². The normalized spacial score (nSPS) is 24.3. The second-order valence-electron chi connectivity index (χ2n) is 23.2. The number of carboxylic acid groups (broad SMARTS) is 2. The zero-order chi connectivity index (χ0) is 58.7. The minimum absolute atomic E-state index is 0.0759. The quantitative estimate of drug-likeness (QED) is 0.0619. The van der Waals surface area contributed by atoms with Crippen LogP contribution in [-0.2, 0) is 53.3 Å². The van der Waals surface area contributed by atoms with Crippen molar-refractivity contribution in [1.29, 1.82) is 0 Å². The number of primary sulfonamides is 2. The van der Waals surface area contributed by atoms with Gasteiger partial charge in [0.15, 0.2) is 0 Å². The highest BCUT2D eigenvalue weighted by molar-refractivity contribution is 7.89. The van der Waals surface area contributed by atoms with E-state index in [2.05, 4.69) is 32.6 Å². The van der Waals surface area contributed by atoms with Crippen molar-refractivity contribution in [3.63, 3.8) is 0 Å². The van der Waals surface area contributed by atoms with Crippen LogP contribution in [0.5, 0.6) is 11.5 Å². The molecule has 4 aromatic rings. The lowest BCUT2D eigenvalue weighted by Crippen LogP contribution is -2.50. The molecule has 0 aromatic heterocycles. The summed E-state index contributed by atoms with van der Waals surface area (Å²) in [5, 5.41) is 57.6. The summed E-state index contributed by atoms with van der Waals surface area (Å²) < 4.78 is 57.3. The van der Waals surface area contributed by atoms with Gasteiger partial charge in [-0.25, -0.2) is 36.7 Å². The average molecular weight is 1210 g/mol. The van der Waals surface area contributed by atoms with E-state index < -0.39 is 56.0 Å². The minimum Gasteiger partial charge on any atom is -0.490 e. The summed E-state index contributed by atoms with van der Waals surface area (Å²) in [7, 11) is -7.38. The molecule has 6 aliphatic rings. The fraction of sp³-hybridized carbons (Fsp3) is 0.517. The topological polar surface area (TPSA) is 319 Å². The lowest BCUT2D eigenvalue weighted by molar-refractivity contribution is -0.125. The average Bonchev–Trinajstić information content (AvgIpc) is 3.78. The van der Waals surface area contributed by atoms with Gasteiger partial charge in [-0.05, 0) is 171 Å². The first-order chi connectivity index (χ1) is 38.9. The predicted molar refractivity (Wildman–Crippen MR) is 310 cm³/mol. The number of hydrogen-bond acceptors (Lipinski definition) is 14. The maximum absolute atomic E-state index is 12.3. The lowest BCUT2D eigenvalue weighted by Gasteiger charge is -2.45. The Morgan fingerprint density at radius 3 is 1.37 bits per heavy atom. The molecule has 10 N–H and O–H groups in total. The third-order valence-corrected chi connectivity index (χ3v) is 19.6. The van der Waals surface area contributed by atoms with Gasteiger partial charge in [0, 0.05) is 60.1 Å². The number of aliphatic hydroxyl groups is 2. The standard InChI is InChI=1S/2C29H36ClN3O7S/c2*30-21-5-7-23-18(12-21)2-1-9-29(23)16-33(24-13-19(28(36)37)4-8-26(24)40-17-29)15-20-3-6-22(20)25(34)14-27(35)32-10-11-41(31,38)39/h2*4-5,7-8,12-13,20,22,25,34H,1-3,6,9-11,14-17H2,(H,32,35)(H,36,37)(H2,31,38,39)/t20-,22+,25+,29-;20-,22+,25-,29-/m00/s1. The number of hydrogen-bond donors (Lipinski definition) is 8. The van der Waals surface area contributed by atoms with E-state index in [4.69, 9.17) is 43.0 Å². The van der Waals surface area contributed by atoms with Gasteiger partial charge in [0.25, 0.3) is 0 Å². The van der Waals surface area contributed by atoms with Crippen LogP contribution in [0.1, 0.15) is 107 Å². The molecule has 10 rings (SSSR count). The van der Waals surface area contributed by atoms with E-state index in [1.54, 1.807) is 36.4 Å². The number of carboxylic acids is 2. The molecule has 8 atom stereocenters. The summed E-state index contributed by atoms with van der Waals surface area (Å²) in [5.41, 5.74) is 5.94. The molecule has 2 saturated carbocycles. The molecule has 2 heterocycles. The molecule has 0 unspecified atom stereocenters. The van der Waals surface area contributed by atoms with Crippen molar-refractivity contribution in [2.45, 2.75) is 100 Å². The Morgan fingerprint density at radius 1 is 0.610 bits per heavy atom. The fourth-order valence-corrected chi connectivity index (χ4v) is 14.4. The molecular weight excluding hydrogens is 1140 g/mol. The summed E-state index contributed by atoms with van der Waals surface area (Å²) in [6, 6.07) is 21.9. The summed E-state index contributed by atoms with van der Waals surface area (Å²) >= 11 is 12.7. The first-order valence-electron chi connectivity index (χ1n) is 27.9. The Morgan fingerprint density at radius 2 is 1.01 bits per heavy atom. The van der Waals surface area contributed by atoms with Crippen LogP contribution in [0, 0.1) is 23.7 Å². The molecule has 0 bridgehead atoms. The smallest absolute Gasteiger partial charge is 0.335 e. The SMILES string of the molecule is NS(=O)(=O)CCNC(=O)C[C@@H](O)[C@@H]1CC[C@H]1CN1C[C@@]2(CCCc3cc(Cl)ccc32)COc2ccc(C(=O)O)cc21.NS(=O)(=O)CCNC(=O)C[C@H](O)[C@@H]1CC[C@H]1CN1C[C@@]2(CCCc3cc(Cl)ccc32)COc2ccc(C(=O)O)cc21. The zero-order valence-corrected chi connectivity index (χ0v) is 48.6. The number of nitrogens with one attached hydrogen (secondary N) is 2. The van der Waals surface area contributed by atoms with Gasteiger partial charge in [-0.3, -0.25) is 9.59 Å². The van der Waals surface area contributed by atoms with E-state index in [0.717, 1.165) is 64.2 Å². The highest BCUT2D eigenvalue weighted by Crippen LogP contribution is 2.49. The van der Waals surface area contributed by atoms with E-state index in [9.17, 15) is 56.4 Å². The van der Waals surface area contributed by atoms with E-state index in [1.165, 1.54) is 22.3 Å². The number of aryl methyl sites for hydroxylation is 2. The number of rotatable bonds is 18. The summed E-state index contributed by atoms with van der Waals surface area (Å²) in [6.45, 7) is 3.06.